The van der Waals surface area contributed by atoms with Gasteiger partial charge >= 0.3 is 0 Å². The van der Waals surface area contributed by atoms with Crippen LogP contribution in [-0.2, 0) is 0 Å². The van der Waals surface area contributed by atoms with E-state index in [1.807, 2.05) is 0 Å². The molecule has 0 saturated carbocycles. The van der Waals surface area contributed by atoms with E-state index in [0.29, 0.717) is 28.8 Å². The normalized spacial score (nSPS) is 10.3. The van der Waals surface area contributed by atoms with Crippen LogP contribution in [0, 0.1) is 0 Å². The highest BCUT2D eigenvalue weighted by Crippen LogP contribution is 2.33. The molecule has 0 bridgehead atoms. The van der Waals surface area contributed by atoms with Gasteiger partial charge in [-0.2, -0.15) is 0 Å². The van der Waals surface area contributed by atoms with Crippen molar-refractivity contribution in [2.45, 2.75) is 6.42 Å². The van der Waals surface area contributed by atoms with E-state index in [2.05, 4.69) is 15.9 Å². The fourth-order valence-corrected chi connectivity index (χ4v) is 1.71. The van der Waals surface area contributed by atoms with Crippen LogP contribution in [0.15, 0.2) is 16.6 Å². The predicted octanol–water partition coefficient (Wildman–Crippen LogP) is 3.52. The fraction of sp³-hybridized carbons (Fsp3) is 0.333. The number of ether oxygens (including phenoxy) is 1. The monoisotopic (exact) mass is 298 g/mol. The standard InChI is InChI=1S/C9H9BrCl2O2/c10-6-4-8(12)9(5-7(6)11)14-3-1-2-13/h4-5,13H,1-3H2. The third-order valence-electron chi connectivity index (χ3n) is 1.53. The van der Waals surface area contributed by atoms with E-state index in [1.54, 1.807) is 12.1 Å². The Morgan fingerprint density at radius 1 is 1.29 bits per heavy atom. The van der Waals surface area contributed by atoms with Crippen LogP contribution in [-0.4, -0.2) is 18.3 Å². The number of hydrogen-bond donors (Lipinski definition) is 1. The van der Waals surface area contributed by atoms with Crippen LogP contribution >= 0.6 is 39.1 Å². The molecular weight excluding hydrogens is 291 g/mol. The van der Waals surface area contributed by atoms with Gasteiger partial charge in [-0.3, -0.25) is 0 Å². The molecule has 14 heavy (non-hydrogen) atoms. The molecule has 0 heterocycles. The van der Waals surface area contributed by atoms with E-state index in [9.17, 15) is 0 Å². The molecular formula is C9H9BrCl2O2. The molecule has 1 N–H and O–H groups in total. The van der Waals surface area contributed by atoms with Gasteiger partial charge in [0.2, 0.25) is 0 Å². The van der Waals surface area contributed by atoms with Crippen molar-refractivity contribution in [2.24, 2.45) is 0 Å². The van der Waals surface area contributed by atoms with Gasteiger partial charge in [0.25, 0.3) is 0 Å². The van der Waals surface area contributed by atoms with Gasteiger partial charge in [0.05, 0.1) is 16.7 Å². The molecule has 0 fully saturated rings. The first-order valence-corrected chi connectivity index (χ1v) is 5.58. The van der Waals surface area contributed by atoms with Gasteiger partial charge in [0, 0.05) is 23.6 Å². The maximum atomic E-state index is 8.57. The molecule has 0 aliphatic rings. The molecule has 78 valence electrons. The molecule has 2 nitrogen and oxygen atoms in total. The second kappa shape index (κ2) is 5.81. The molecule has 0 aliphatic heterocycles. The van der Waals surface area contributed by atoms with Gasteiger partial charge in [-0.1, -0.05) is 23.2 Å². The fourth-order valence-electron chi connectivity index (χ4n) is 0.862. The van der Waals surface area contributed by atoms with Crippen molar-refractivity contribution in [2.75, 3.05) is 13.2 Å². The van der Waals surface area contributed by atoms with Crippen LogP contribution in [0.25, 0.3) is 0 Å². The zero-order valence-electron chi connectivity index (χ0n) is 7.27. The van der Waals surface area contributed by atoms with Crippen molar-refractivity contribution in [3.63, 3.8) is 0 Å². The first-order chi connectivity index (χ1) is 6.65. The SMILES string of the molecule is OCCCOc1cc(Cl)c(Br)cc1Cl. The highest BCUT2D eigenvalue weighted by atomic mass is 79.9. The maximum Gasteiger partial charge on any atom is 0.139 e. The minimum absolute atomic E-state index is 0.0991. The Labute approximate surface area is 101 Å². The Hall–Kier alpha value is 0.0400. The molecule has 0 amide bonds. The summed E-state index contributed by atoms with van der Waals surface area (Å²) in [6.45, 7) is 0.524. The van der Waals surface area contributed by atoms with Crippen LogP contribution < -0.4 is 4.74 Å². The average Bonchev–Trinajstić information content (AvgIpc) is 2.14. The van der Waals surface area contributed by atoms with Gasteiger partial charge in [0.15, 0.2) is 0 Å². The molecule has 0 radical (unpaired) electrons. The highest BCUT2D eigenvalue weighted by Gasteiger charge is 2.06. The average molecular weight is 300 g/mol. The van der Waals surface area contributed by atoms with Crippen LogP contribution in [0.3, 0.4) is 0 Å². The lowest BCUT2D eigenvalue weighted by Crippen LogP contribution is -2.00. The van der Waals surface area contributed by atoms with E-state index >= 15 is 0 Å². The number of aliphatic hydroxyl groups excluding tert-OH is 1. The molecule has 0 unspecified atom stereocenters. The van der Waals surface area contributed by atoms with Gasteiger partial charge < -0.3 is 9.84 Å². The summed E-state index contributed by atoms with van der Waals surface area (Å²) in [7, 11) is 0. The van der Waals surface area contributed by atoms with Crippen molar-refractivity contribution in [1.29, 1.82) is 0 Å². The summed E-state index contributed by atoms with van der Waals surface area (Å²) in [6.07, 6.45) is 0.573. The van der Waals surface area contributed by atoms with Crippen molar-refractivity contribution >= 4 is 39.1 Å². The molecule has 1 rings (SSSR count). The molecule has 1 aromatic carbocycles. The summed E-state index contributed by atoms with van der Waals surface area (Å²) >= 11 is 15.0. The molecule has 0 aliphatic carbocycles. The summed E-state index contributed by atoms with van der Waals surface area (Å²) in [5.74, 6) is 0.535. The Morgan fingerprint density at radius 2 is 2.00 bits per heavy atom. The Morgan fingerprint density at radius 3 is 2.64 bits per heavy atom. The number of halogens is 3. The molecule has 0 spiro atoms. The number of aliphatic hydroxyl groups is 1. The predicted molar refractivity (Wildman–Crippen MR) is 61.4 cm³/mol. The number of rotatable bonds is 4. The first kappa shape index (κ1) is 12.1. The van der Waals surface area contributed by atoms with Gasteiger partial charge in [-0.05, 0) is 22.0 Å². The molecule has 0 saturated heterocycles. The third-order valence-corrected chi connectivity index (χ3v) is 3.03. The Kier molecular flexibility index (Phi) is 5.02. The molecule has 1 aromatic rings. The summed E-state index contributed by atoms with van der Waals surface area (Å²) in [6, 6.07) is 3.32. The lowest BCUT2D eigenvalue weighted by atomic mass is 10.3. The van der Waals surface area contributed by atoms with Gasteiger partial charge in [-0.25, -0.2) is 0 Å². The number of hydrogen-bond acceptors (Lipinski definition) is 2. The minimum Gasteiger partial charge on any atom is -0.492 e. The van der Waals surface area contributed by atoms with Gasteiger partial charge in [-0.15, -0.1) is 0 Å². The largest absolute Gasteiger partial charge is 0.492 e. The van der Waals surface area contributed by atoms with Crippen molar-refractivity contribution in [3.05, 3.63) is 26.7 Å². The molecule has 5 heteroatoms. The molecule has 0 aromatic heterocycles. The van der Waals surface area contributed by atoms with E-state index in [0.717, 1.165) is 4.47 Å². The Balaban J connectivity index is 2.72. The molecule has 0 atom stereocenters. The minimum atomic E-state index is 0.0991. The maximum absolute atomic E-state index is 8.57. The van der Waals surface area contributed by atoms with Gasteiger partial charge in [0.1, 0.15) is 5.75 Å². The zero-order valence-corrected chi connectivity index (χ0v) is 10.4. The Bertz CT molecular complexity index is 318. The van der Waals surface area contributed by atoms with E-state index in [-0.39, 0.29) is 6.61 Å². The van der Waals surface area contributed by atoms with Crippen molar-refractivity contribution < 1.29 is 9.84 Å². The highest BCUT2D eigenvalue weighted by molar-refractivity contribution is 9.10. The van der Waals surface area contributed by atoms with Crippen molar-refractivity contribution in [3.8, 4) is 5.75 Å². The topological polar surface area (TPSA) is 29.5 Å². The smallest absolute Gasteiger partial charge is 0.139 e. The summed E-state index contributed by atoms with van der Waals surface area (Å²) < 4.78 is 6.05. The zero-order chi connectivity index (χ0) is 10.6. The third kappa shape index (κ3) is 3.31. The summed E-state index contributed by atoms with van der Waals surface area (Å²) in [5, 5.41) is 9.61. The lowest BCUT2D eigenvalue weighted by Gasteiger charge is -2.08. The second-order valence-corrected chi connectivity index (χ2v) is 4.29. The second-order valence-electron chi connectivity index (χ2n) is 2.62. The van der Waals surface area contributed by atoms with E-state index in [4.69, 9.17) is 33.0 Å². The van der Waals surface area contributed by atoms with Crippen LogP contribution in [0.2, 0.25) is 10.0 Å². The van der Waals surface area contributed by atoms with E-state index in [1.165, 1.54) is 0 Å². The van der Waals surface area contributed by atoms with Crippen LogP contribution in [0.5, 0.6) is 5.75 Å². The summed E-state index contributed by atoms with van der Waals surface area (Å²) in [4.78, 5) is 0. The lowest BCUT2D eigenvalue weighted by molar-refractivity contribution is 0.233. The quantitative estimate of drug-likeness (QED) is 0.681. The van der Waals surface area contributed by atoms with Crippen molar-refractivity contribution in [1.82, 2.24) is 0 Å². The first-order valence-electron chi connectivity index (χ1n) is 4.03. The summed E-state index contributed by atoms with van der Waals surface area (Å²) in [5.41, 5.74) is 0. The van der Waals surface area contributed by atoms with E-state index < -0.39 is 0 Å². The van der Waals surface area contributed by atoms with Crippen LogP contribution in [0.1, 0.15) is 6.42 Å². The number of benzene rings is 1. The van der Waals surface area contributed by atoms with Crippen LogP contribution in [0.4, 0.5) is 0 Å².